The van der Waals surface area contributed by atoms with Crippen molar-refractivity contribution >= 4 is 27.6 Å². The van der Waals surface area contributed by atoms with Gasteiger partial charge in [0.2, 0.25) is 0 Å². The van der Waals surface area contributed by atoms with Crippen molar-refractivity contribution in [1.82, 2.24) is 20.2 Å². The first-order valence-corrected chi connectivity index (χ1v) is 12.9. The van der Waals surface area contributed by atoms with Crippen LogP contribution in [0.2, 0.25) is 0 Å². The number of nitrogens with one attached hydrogen (secondary N) is 2. The number of anilines is 2. The smallest absolute Gasteiger partial charge is 0.384 e. The van der Waals surface area contributed by atoms with E-state index in [0.29, 0.717) is 23.8 Å². The van der Waals surface area contributed by atoms with Crippen LogP contribution in [0.3, 0.4) is 0 Å². The largest absolute Gasteiger partial charge is 0.417 e. The van der Waals surface area contributed by atoms with Gasteiger partial charge in [0.05, 0.1) is 34.7 Å². The standard InChI is InChI=1S/C14H16BrF3N6.C7H11F3.C4H5F3/c1-7-6-8-9(20-13-21-23-24(2)22-13)4-3-5-19-12(8)11(15)10(7)14(16,17)18;1-5(2)4-6(3)7(8,9)10;1-3(2)4(5,6)7/h6,9,19H,3-5H2,1-2H3,(H,20,22);4,6H,1-3H3;1H2,2H3. The van der Waals surface area contributed by atoms with Crippen LogP contribution in [-0.2, 0) is 13.2 Å². The number of alkyl halides is 9. The Hall–Kier alpha value is -2.78. The Morgan fingerprint density at radius 1 is 1.15 bits per heavy atom. The third kappa shape index (κ3) is 11.6. The van der Waals surface area contributed by atoms with Crippen LogP contribution >= 0.6 is 15.9 Å². The van der Waals surface area contributed by atoms with E-state index < -0.39 is 35.6 Å². The SMILES string of the molecule is C=C(C)C(F)(F)F.CC(C)=CC(C)C(F)(F)F.Cc1cc2c(c(Br)c1C(F)(F)F)NCCCC2Nc1nnn(C)n1. The van der Waals surface area contributed by atoms with Crippen molar-refractivity contribution in [3.05, 3.63) is 51.0 Å². The molecule has 3 rings (SSSR count). The summed E-state index contributed by atoms with van der Waals surface area (Å²) in [6.07, 6.45) is -9.94. The molecule has 0 amide bonds. The number of halogens is 10. The fourth-order valence-electron chi connectivity index (χ4n) is 3.52. The summed E-state index contributed by atoms with van der Waals surface area (Å²) in [6.45, 7) is 10.2. The van der Waals surface area contributed by atoms with E-state index in [9.17, 15) is 39.5 Å². The number of nitrogens with zero attached hydrogens (tertiary/aromatic N) is 4. The lowest BCUT2D eigenvalue weighted by Crippen LogP contribution is -2.17. The van der Waals surface area contributed by atoms with Crippen molar-refractivity contribution in [3.8, 4) is 0 Å². The van der Waals surface area contributed by atoms with Gasteiger partial charge in [-0.3, -0.25) is 0 Å². The van der Waals surface area contributed by atoms with Gasteiger partial charge in [-0.25, -0.2) is 0 Å². The molecular formula is C25H32BrF9N6. The summed E-state index contributed by atoms with van der Waals surface area (Å²) in [5, 5.41) is 18.0. The second-order valence-corrected chi connectivity index (χ2v) is 10.4. The summed E-state index contributed by atoms with van der Waals surface area (Å²) in [6, 6.07) is 1.38. The molecule has 2 atom stereocenters. The second-order valence-electron chi connectivity index (χ2n) is 9.57. The van der Waals surface area contributed by atoms with Gasteiger partial charge < -0.3 is 10.6 Å². The maximum Gasteiger partial charge on any atom is 0.417 e. The molecule has 2 aromatic rings. The molecule has 16 heteroatoms. The molecule has 1 aliphatic heterocycles. The van der Waals surface area contributed by atoms with Gasteiger partial charge in [0.15, 0.2) is 0 Å². The molecule has 1 aliphatic rings. The summed E-state index contributed by atoms with van der Waals surface area (Å²) < 4.78 is 109. The van der Waals surface area contributed by atoms with Crippen LogP contribution in [-0.4, -0.2) is 39.1 Å². The number of fused-ring (bicyclic) bond motifs is 1. The summed E-state index contributed by atoms with van der Waals surface area (Å²) in [5.41, 5.74) is 0.698. The Kier molecular flexibility index (Phi) is 12.7. The molecule has 0 bridgehead atoms. The Labute approximate surface area is 240 Å². The van der Waals surface area contributed by atoms with Crippen molar-refractivity contribution in [3.63, 3.8) is 0 Å². The molecule has 2 N–H and O–H groups in total. The molecule has 0 spiro atoms. The van der Waals surface area contributed by atoms with E-state index in [-0.39, 0.29) is 16.1 Å². The number of hydrogen-bond donors (Lipinski definition) is 2. The lowest BCUT2D eigenvalue weighted by atomic mass is 9.96. The van der Waals surface area contributed by atoms with Crippen LogP contribution in [0.5, 0.6) is 0 Å². The van der Waals surface area contributed by atoms with Gasteiger partial charge in [0, 0.05) is 12.1 Å². The van der Waals surface area contributed by atoms with E-state index in [1.807, 2.05) is 0 Å². The third-order valence-electron chi connectivity index (χ3n) is 5.52. The zero-order chi connectivity index (χ0) is 31.9. The highest BCUT2D eigenvalue weighted by atomic mass is 79.9. The topological polar surface area (TPSA) is 67.7 Å². The minimum atomic E-state index is -4.42. The summed E-state index contributed by atoms with van der Waals surface area (Å²) in [5.74, 6) is -0.971. The van der Waals surface area contributed by atoms with Crippen molar-refractivity contribution in [1.29, 1.82) is 0 Å². The van der Waals surface area contributed by atoms with Crippen molar-refractivity contribution in [2.45, 2.75) is 72.0 Å². The Balaban J connectivity index is 0.000000409. The van der Waals surface area contributed by atoms with Crippen LogP contribution < -0.4 is 10.6 Å². The predicted octanol–water partition coefficient (Wildman–Crippen LogP) is 8.93. The number of rotatable bonds is 3. The van der Waals surface area contributed by atoms with Crippen LogP contribution in [0, 0.1) is 12.8 Å². The average Bonchev–Trinajstić information content (AvgIpc) is 3.08. The second kappa shape index (κ2) is 14.4. The van der Waals surface area contributed by atoms with E-state index in [1.54, 1.807) is 27.0 Å². The minimum Gasteiger partial charge on any atom is -0.384 e. The van der Waals surface area contributed by atoms with Gasteiger partial charge in [0.1, 0.15) is 0 Å². The number of hydrogen-bond acceptors (Lipinski definition) is 5. The molecule has 6 nitrogen and oxygen atoms in total. The molecule has 232 valence electrons. The molecule has 1 aromatic carbocycles. The molecule has 1 aromatic heterocycles. The van der Waals surface area contributed by atoms with Crippen LogP contribution in [0.25, 0.3) is 0 Å². The number of benzene rings is 1. The lowest BCUT2D eigenvalue weighted by molar-refractivity contribution is -0.156. The monoisotopic (exact) mass is 666 g/mol. The number of aryl methyl sites for hydroxylation is 2. The highest BCUT2D eigenvalue weighted by molar-refractivity contribution is 9.10. The molecule has 2 unspecified atom stereocenters. The fraction of sp³-hybridized carbons (Fsp3) is 0.560. The first kappa shape index (κ1) is 36.2. The van der Waals surface area contributed by atoms with E-state index in [0.717, 1.165) is 32.3 Å². The maximum absolute atomic E-state index is 13.3. The fourth-order valence-corrected chi connectivity index (χ4v) is 4.43. The van der Waals surface area contributed by atoms with Crippen LogP contribution in [0.1, 0.15) is 63.3 Å². The Morgan fingerprint density at radius 2 is 1.71 bits per heavy atom. The highest BCUT2D eigenvalue weighted by Gasteiger charge is 2.38. The van der Waals surface area contributed by atoms with E-state index in [4.69, 9.17) is 0 Å². The maximum atomic E-state index is 13.3. The van der Waals surface area contributed by atoms with Crippen LogP contribution in [0.4, 0.5) is 51.1 Å². The zero-order valence-electron chi connectivity index (χ0n) is 23.2. The summed E-state index contributed by atoms with van der Waals surface area (Å²) in [4.78, 5) is 1.33. The van der Waals surface area contributed by atoms with E-state index in [2.05, 4.69) is 48.6 Å². The van der Waals surface area contributed by atoms with Crippen molar-refractivity contribution in [2.75, 3.05) is 17.2 Å². The van der Waals surface area contributed by atoms with Crippen molar-refractivity contribution < 1.29 is 39.5 Å². The molecule has 0 saturated heterocycles. The molecule has 2 heterocycles. The molecule has 41 heavy (non-hydrogen) atoms. The number of tetrazole rings is 1. The van der Waals surface area contributed by atoms with Gasteiger partial charge in [-0.1, -0.05) is 36.3 Å². The lowest BCUT2D eigenvalue weighted by Gasteiger charge is -2.23. The van der Waals surface area contributed by atoms with Crippen LogP contribution in [0.15, 0.2) is 34.3 Å². The zero-order valence-corrected chi connectivity index (χ0v) is 24.8. The first-order chi connectivity index (χ1) is 18.6. The van der Waals surface area contributed by atoms with Gasteiger partial charge in [0.25, 0.3) is 5.95 Å². The normalized spacial score (nSPS) is 16.0. The molecule has 0 saturated carbocycles. The number of allylic oxidation sites excluding steroid dienone is 3. The predicted molar refractivity (Wildman–Crippen MR) is 142 cm³/mol. The molecule has 0 fully saturated rings. The average molecular weight is 667 g/mol. The van der Waals surface area contributed by atoms with Gasteiger partial charge in [-0.2, -0.15) is 44.3 Å². The summed E-state index contributed by atoms with van der Waals surface area (Å²) >= 11 is 3.15. The Bertz CT molecular complexity index is 1200. The third-order valence-corrected chi connectivity index (χ3v) is 6.31. The van der Waals surface area contributed by atoms with Crippen molar-refractivity contribution in [2.24, 2.45) is 13.0 Å². The molecule has 0 radical (unpaired) electrons. The van der Waals surface area contributed by atoms with E-state index in [1.165, 1.54) is 17.8 Å². The highest BCUT2D eigenvalue weighted by Crippen LogP contribution is 2.45. The first-order valence-electron chi connectivity index (χ1n) is 12.1. The number of aromatic nitrogens is 4. The quantitative estimate of drug-likeness (QED) is 0.253. The Morgan fingerprint density at radius 3 is 2.10 bits per heavy atom. The molecule has 0 aliphatic carbocycles. The minimum absolute atomic E-state index is 0.0470. The van der Waals surface area contributed by atoms with E-state index >= 15 is 0 Å². The molecular weight excluding hydrogens is 635 g/mol. The summed E-state index contributed by atoms with van der Waals surface area (Å²) in [7, 11) is 1.65. The van der Waals surface area contributed by atoms with Gasteiger partial charge in [-0.05, 0) is 72.8 Å². The van der Waals surface area contributed by atoms with Gasteiger partial charge >= 0.3 is 18.5 Å². The van der Waals surface area contributed by atoms with Gasteiger partial charge in [-0.15, -0.1) is 5.10 Å².